The summed E-state index contributed by atoms with van der Waals surface area (Å²) in [6, 6.07) is 0. The normalized spacial score (nSPS) is 13.3. The van der Waals surface area contributed by atoms with Crippen LogP contribution in [0.15, 0.2) is 0 Å². The fourth-order valence-electron chi connectivity index (χ4n) is 2.73. The quantitative estimate of drug-likeness (QED) is 0.120. The molecule has 2 unspecified atom stereocenters. The van der Waals surface area contributed by atoms with Gasteiger partial charge in [-0.2, -0.15) is 0 Å². The van der Waals surface area contributed by atoms with Crippen LogP contribution in [0.1, 0.15) is 0 Å². The summed E-state index contributed by atoms with van der Waals surface area (Å²) in [6.07, 6.45) is 0. The number of carboxylic acid groups (broad SMARTS) is 3. The summed E-state index contributed by atoms with van der Waals surface area (Å²) < 4.78 is 0. The van der Waals surface area contributed by atoms with E-state index in [0.29, 0.717) is 14.7 Å². The predicted octanol–water partition coefficient (Wildman–Crippen LogP) is -11.6. The van der Waals surface area contributed by atoms with Crippen molar-refractivity contribution < 1.29 is 93.9 Å². The van der Waals surface area contributed by atoms with Crippen LogP contribution in [-0.4, -0.2) is 103 Å². The molecule has 0 bridgehead atoms. The smallest absolute Gasteiger partial charge is 0.544 e. The summed E-state index contributed by atoms with van der Waals surface area (Å²) in [4.78, 5) is 57.0. The molecule has 30 heavy (non-hydrogen) atoms. The minimum Gasteiger partial charge on any atom is -0.544 e. The second-order valence-corrected chi connectivity index (χ2v) is 6.60. The van der Waals surface area contributed by atoms with Crippen molar-refractivity contribution in [2.24, 2.45) is 0 Å². The summed E-state index contributed by atoms with van der Waals surface area (Å²) in [5.41, 5.74) is 0. The fraction of sp³-hybridized carbons (Fsp3) is 0.688. The van der Waals surface area contributed by atoms with Gasteiger partial charge in [-0.3, -0.25) is 9.59 Å². The molecule has 0 heterocycles. The first-order chi connectivity index (χ1) is 13.6. The van der Waals surface area contributed by atoms with Gasteiger partial charge in [0, 0.05) is 14.1 Å². The number of hydrogen-bond acceptors (Lipinski definition) is 8. The molecular formula is C16H29GdN5O8+3. The van der Waals surface area contributed by atoms with Crippen LogP contribution in [0.4, 0.5) is 0 Å². The molecule has 14 heteroatoms. The van der Waals surface area contributed by atoms with Gasteiger partial charge < -0.3 is 55.0 Å². The predicted molar refractivity (Wildman–Crippen MR) is 89.8 cm³/mol. The molecule has 0 aliphatic rings. The van der Waals surface area contributed by atoms with Gasteiger partial charge in [-0.25, -0.2) is 0 Å². The van der Waals surface area contributed by atoms with Gasteiger partial charge in [-0.05, 0) is 0 Å². The Morgan fingerprint density at radius 3 is 1.10 bits per heavy atom. The Kier molecular flexibility index (Phi) is 17.7. The summed E-state index contributed by atoms with van der Waals surface area (Å²) >= 11 is 0. The first-order valence-electron chi connectivity index (χ1n) is 9.08. The van der Waals surface area contributed by atoms with Gasteiger partial charge in [-0.15, -0.1) is 0 Å². The number of carbonyl (C=O) groups is 5. The maximum atomic E-state index is 11.5. The van der Waals surface area contributed by atoms with Crippen LogP contribution in [0, 0.1) is 39.9 Å². The van der Waals surface area contributed by atoms with Crippen molar-refractivity contribution in [3.63, 3.8) is 0 Å². The van der Waals surface area contributed by atoms with E-state index in [1.54, 1.807) is 0 Å². The van der Waals surface area contributed by atoms with Crippen LogP contribution in [-0.2, 0) is 24.0 Å². The molecule has 0 aliphatic carbocycles. The van der Waals surface area contributed by atoms with Crippen LogP contribution in [0.5, 0.6) is 0 Å². The van der Waals surface area contributed by atoms with E-state index in [0.717, 1.165) is 0 Å². The fourth-order valence-corrected chi connectivity index (χ4v) is 2.73. The van der Waals surface area contributed by atoms with Crippen LogP contribution in [0.25, 0.3) is 0 Å². The minimum atomic E-state index is -1.35. The molecule has 2 atom stereocenters. The summed E-state index contributed by atoms with van der Waals surface area (Å²) in [7, 11) is 2.82. The number of hydrogen-bond donors (Lipinski definition) is 5. The molecule has 0 saturated carbocycles. The molecule has 0 aromatic rings. The molecule has 5 N–H and O–H groups in total. The van der Waals surface area contributed by atoms with Crippen LogP contribution >= 0.6 is 0 Å². The largest absolute Gasteiger partial charge is 3.00 e. The molecule has 0 rings (SSSR count). The van der Waals surface area contributed by atoms with Crippen LogP contribution in [0.2, 0.25) is 0 Å². The Balaban J connectivity index is 0. The van der Waals surface area contributed by atoms with E-state index in [1.165, 1.54) is 14.1 Å². The van der Waals surface area contributed by atoms with Gasteiger partial charge in [0.15, 0.2) is 13.1 Å². The second-order valence-electron chi connectivity index (χ2n) is 6.60. The van der Waals surface area contributed by atoms with Crippen LogP contribution in [0.3, 0.4) is 0 Å². The molecule has 13 nitrogen and oxygen atoms in total. The molecule has 2 amide bonds. The third-order valence-electron chi connectivity index (χ3n) is 4.23. The zero-order chi connectivity index (χ0) is 22.4. The van der Waals surface area contributed by atoms with Gasteiger partial charge in [0.25, 0.3) is 11.8 Å². The molecule has 0 saturated heterocycles. The van der Waals surface area contributed by atoms with E-state index in [4.69, 9.17) is 0 Å². The van der Waals surface area contributed by atoms with E-state index >= 15 is 0 Å². The molecule has 1 radical (unpaired) electrons. The average Bonchev–Trinajstić information content (AvgIpc) is 2.61. The van der Waals surface area contributed by atoms with E-state index in [2.05, 4.69) is 10.6 Å². The van der Waals surface area contributed by atoms with Crippen molar-refractivity contribution in [3.05, 3.63) is 0 Å². The average molecular weight is 577 g/mol. The van der Waals surface area contributed by atoms with Crippen molar-refractivity contribution in [1.29, 1.82) is 0 Å². The van der Waals surface area contributed by atoms with Gasteiger partial charge in [-0.1, -0.05) is 0 Å². The van der Waals surface area contributed by atoms with Gasteiger partial charge in [0.2, 0.25) is 0 Å². The second kappa shape index (κ2) is 17.3. The Morgan fingerprint density at radius 1 is 0.567 bits per heavy atom. The Morgan fingerprint density at radius 2 is 0.833 bits per heavy atom. The molecule has 0 spiro atoms. The molecule has 171 valence electrons. The topological polar surface area (TPSA) is 192 Å². The number of carboxylic acids is 3. The minimum absolute atomic E-state index is 0. The molecule has 0 aromatic heterocycles. The monoisotopic (exact) mass is 577 g/mol. The van der Waals surface area contributed by atoms with Crippen molar-refractivity contribution in [2.75, 3.05) is 73.0 Å². The van der Waals surface area contributed by atoms with Crippen LogP contribution < -0.4 is 40.7 Å². The number of nitrogens with one attached hydrogen (secondary N) is 5. The molecule has 0 fully saturated rings. The summed E-state index contributed by atoms with van der Waals surface area (Å²) in [6.45, 7) is -0.792. The molecule has 0 aromatic carbocycles. The maximum Gasteiger partial charge on any atom is 3.00 e. The maximum absolute atomic E-state index is 11.5. The van der Waals surface area contributed by atoms with Crippen molar-refractivity contribution in [3.8, 4) is 0 Å². The third-order valence-corrected chi connectivity index (χ3v) is 4.23. The SMILES string of the molecule is CNC(=O)C[NH+](CC[NH+](CC[NH+](CC(=O)[O-])CC(=O)NC)CC(=O)[O-])CC(=O)[O-].[Gd+3]. The summed E-state index contributed by atoms with van der Waals surface area (Å²) in [5, 5.41) is 37.5. The van der Waals surface area contributed by atoms with Gasteiger partial charge in [0.1, 0.15) is 45.8 Å². The summed E-state index contributed by atoms with van der Waals surface area (Å²) in [5.74, 6) is -4.78. The number of carbonyl (C=O) groups excluding carboxylic acids is 5. The standard InChI is InChI=1S/C16H29N5O8.Gd/c1-17-12(22)7-20(10-15(26)27)5-3-19(9-14(24)25)4-6-21(11-16(28)29)8-13(23)18-2;/h3-11H2,1-2H3,(H,17,22)(H,18,23)(H,24,25)(H,26,27)(H,28,29);/q;+3. The first-order valence-corrected chi connectivity index (χ1v) is 9.08. The van der Waals surface area contributed by atoms with Gasteiger partial charge >= 0.3 is 39.9 Å². The molecular weight excluding hydrogens is 547 g/mol. The first kappa shape index (κ1) is 30.7. The van der Waals surface area contributed by atoms with Crippen molar-refractivity contribution >= 4 is 29.7 Å². The zero-order valence-electron chi connectivity index (χ0n) is 17.0. The van der Waals surface area contributed by atoms with Crippen molar-refractivity contribution in [2.45, 2.75) is 0 Å². The Hall–Kier alpha value is -1.45. The van der Waals surface area contributed by atoms with E-state index in [1.807, 2.05) is 0 Å². The van der Waals surface area contributed by atoms with E-state index < -0.39 is 37.5 Å². The van der Waals surface area contributed by atoms with Gasteiger partial charge in [0.05, 0.1) is 17.9 Å². The number of likely N-dealkylation sites (N-methyl/N-ethyl adjacent to an activating group) is 2. The number of aliphatic carboxylic acids is 3. The number of amides is 2. The molecule has 0 aliphatic heterocycles. The van der Waals surface area contributed by atoms with E-state index in [-0.39, 0.29) is 91.0 Å². The number of quaternary nitrogens is 3. The van der Waals surface area contributed by atoms with E-state index in [9.17, 15) is 39.3 Å². The van der Waals surface area contributed by atoms with Crippen molar-refractivity contribution in [1.82, 2.24) is 10.6 Å². The number of rotatable bonds is 16. The zero-order valence-corrected chi connectivity index (χ0v) is 19.3. The third kappa shape index (κ3) is 16.4. The Bertz CT molecular complexity index is 550. The Labute approximate surface area is 206 Å².